The number of likely N-dealkylation sites (tertiary alicyclic amines) is 1. The Kier molecular flexibility index (Phi) is 5.62. The highest BCUT2D eigenvalue weighted by Crippen LogP contribution is 2.38. The zero-order valence-corrected chi connectivity index (χ0v) is 18.4. The first-order valence-electron chi connectivity index (χ1n) is 10.3. The van der Waals surface area contributed by atoms with E-state index in [1.54, 1.807) is 16.9 Å². The second-order valence-electron chi connectivity index (χ2n) is 8.24. The van der Waals surface area contributed by atoms with Crippen molar-refractivity contribution in [3.63, 3.8) is 0 Å². The van der Waals surface area contributed by atoms with Crippen LogP contribution in [0.25, 0.3) is 16.7 Å². The number of halogens is 1. The second-order valence-corrected chi connectivity index (χ2v) is 8.24. The number of aryl methyl sites for hydroxylation is 1. The summed E-state index contributed by atoms with van der Waals surface area (Å²) in [5.41, 5.74) is 2.99. The number of fused-ring (bicyclic) bond motifs is 1. The Morgan fingerprint density at radius 1 is 1.26 bits per heavy atom. The smallest absolute Gasteiger partial charge is 0.318 e. The molecule has 0 bridgehead atoms. The number of amides is 1. The first-order chi connectivity index (χ1) is 14.8. The van der Waals surface area contributed by atoms with Gasteiger partial charge < -0.3 is 15.0 Å². The van der Waals surface area contributed by atoms with Crippen LogP contribution in [0.4, 0.5) is 4.39 Å². The van der Waals surface area contributed by atoms with E-state index in [1.807, 2.05) is 31.0 Å². The lowest BCUT2D eigenvalue weighted by molar-refractivity contribution is 0.0956. The first-order valence-corrected chi connectivity index (χ1v) is 10.3. The molecule has 1 N–H and O–H groups in total. The Morgan fingerprint density at radius 3 is 2.71 bits per heavy atom. The van der Waals surface area contributed by atoms with Gasteiger partial charge >= 0.3 is 6.01 Å². The molecule has 1 fully saturated rings. The van der Waals surface area contributed by atoms with Crippen LogP contribution in [0, 0.1) is 12.8 Å². The summed E-state index contributed by atoms with van der Waals surface area (Å²) in [5, 5.41) is 7.95. The lowest BCUT2D eigenvalue weighted by Gasteiger charge is -2.38. The topological polar surface area (TPSA) is 85.2 Å². The van der Waals surface area contributed by atoms with Crippen molar-refractivity contribution in [2.24, 2.45) is 5.92 Å². The van der Waals surface area contributed by atoms with Crippen LogP contribution in [-0.4, -0.2) is 71.0 Å². The van der Waals surface area contributed by atoms with Crippen molar-refractivity contribution in [1.82, 2.24) is 30.0 Å². The molecule has 8 nitrogen and oxygen atoms in total. The Hall–Kier alpha value is -3.07. The molecule has 0 saturated carbocycles. The average Bonchev–Trinajstić information content (AvgIpc) is 3.14. The molecule has 0 aliphatic carbocycles. The van der Waals surface area contributed by atoms with Crippen molar-refractivity contribution >= 4 is 16.8 Å². The summed E-state index contributed by atoms with van der Waals surface area (Å²) in [6.07, 6.45) is 0.797. The lowest BCUT2D eigenvalue weighted by Crippen LogP contribution is -2.43. The number of carbonyl (C=O) groups excluding carboxylic acids is 1. The summed E-state index contributed by atoms with van der Waals surface area (Å²) in [6, 6.07) is 5.66. The van der Waals surface area contributed by atoms with Gasteiger partial charge in [-0.1, -0.05) is 6.92 Å². The number of aromatic nitrogens is 4. The number of piperidine rings is 1. The molecule has 9 heteroatoms. The van der Waals surface area contributed by atoms with Gasteiger partial charge in [0, 0.05) is 37.5 Å². The van der Waals surface area contributed by atoms with E-state index in [2.05, 4.69) is 27.3 Å². The van der Waals surface area contributed by atoms with Crippen molar-refractivity contribution in [1.29, 1.82) is 0 Å². The summed E-state index contributed by atoms with van der Waals surface area (Å²) in [7, 11) is 4.93. The van der Waals surface area contributed by atoms with Crippen LogP contribution >= 0.6 is 0 Å². The van der Waals surface area contributed by atoms with Gasteiger partial charge in [-0.3, -0.25) is 4.79 Å². The van der Waals surface area contributed by atoms with Gasteiger partial charge in [0.1, 0.15) is 11.9 Å². The van der Waals surface area contributed by atoms with Crippen molar-refractivity contribution in [3.05, 3.63) is 41.2 Å². The Morgan fingerprint density at radius 2 is 2.03 bits per heavy atom. The van der Waals surface area contributed by atoms with Crippen LogP contribution in [0.15, 0.2) is 24.4 Å². The molecular weight excluding hydrogens is 399 g/mol. The van der Waals surface area contributed by atoms with Crippen LogP contribution in [0.3, 0.4) is 0 Å². The average molecular weight is 426 g/mol. The molecule has 1 aliphatic heterocycles. The van der Waals surface area contributed by atoms with E-state index in [4.69, 9.17) is 4.74 Å². The third kappa shape index (κ3) is 3.85. The van der Waals surface area contributed by atoms with E-state index in [1.165, 1.54) is 14.2 Å². The molecule has 3 aromatic rings. The second kappa shape index (κ2) is 8.22. The number of hydrogen-bond acceptors (Lipinski definition) is 6. The molecule has 3 heterocycles. The van der Waals surface area contributed by atoms with Crippen LogP contribution in [0.5, 0.6) is 6.01 Å². The molecule has 4 rings (SSSR count). The summed E-state index contributed by atoms with van der Waals surface area (Å²) >= 11 is 0. The van der Waals surface area contributed by atoms with Gasteiger partial charge in [-0.05, 0) is 43.1 Å². The number of hydrogen-bond donors (Lipinski definition) is 1. The van der Waals surface area contributed by atoms with Crippen molar-refractivity contribution in [3.8, 4) is 11.8 Å². The van der Waals surface area contributed by atoms with Gasteiger partial charge in [-0.15, -0.1) is 0 Å². The number of nitrogens with one attached hydrogen (secondary N) is 1. The maximum Gasteiger partial charge on any atom is 0.318 e. The predicted molar refractivity (Wildman–Crippen MR) is 116 cm³/mol. The number of benzene rings is 1. The Bertz CT molecular complexity index is 1120. The standard InChI is InChI=1S/C22H27FN6O2/c1-12-6-14-9-25-29(19-8-17(21(30)24-3)26-22(27-19)31-5)18(14)7-15(12)20-13(2)10-28(4)11-16(20)23/h6-9,13,16,20H,10-11H2,1-5H3,(H,24,30)/t13-,16?,20?/m1/s1. The number of alkyl halides is 1. The van der Waals surface area contributed by atoms with Gasteiger partial charge in [0.25, 0.3) is 5.91 Å². The minimum atomic E-state index is -0.944. The molecule has 31 heavy (non-hydrogen) atoms. The van der Waals surface area contributed by atoms with Crippen LogP contribution in [0.1, 0.15) is 34.5 Å². The molecule has 3 atom stereocenters. The molecule has 1 saturated heterocycles. The molecule has 1 aliphatic rings. The maximum absolute atomic E-state index is 15.1. The highest BCUT2D eigenvalue weighted by molar-refractivity contribution is 5.92. The highest BCUT2D eigenvalue weighted by Gasteiger charge is 2.35. The Balaban J connectivity index is 1.85. The fourth-order valence-corrected chi connectivity index (χ4v) is 4.55. The van der Waals surface area contributed by atoms with E-state index in [0.29, 0.717) is 12.4 Å². The number of carbonyl (C=O) groups is 1. The van der Waals surface area contributed by atoms with Crippen LogP contribution in [0.2, 0.25) is 0 Å². The SMILES string of the molecule is CNC(=O)c1cc(-n2ncc3cc(C)c(C4C(F)CN(C)C[C@H]4C)cc32)nc(OC)n1. The highest BCUT2D eigenvalue weighted by atomic mass is 19.1. The molecule has 2 aromatic heterocycles. The van der Waals surface area contributed by atoms with Gasteiger partial charge in [0.15, 0.2) is 5.82 Å². The number of methoxy groups -OCH3 is 1. The number of ether oxygens (including phenoxy) is 1. The third-order valence-corrected chi connectivity index (χ3v) is 5.95. The fraction of sp³-hybridized carbons (Fsp3) is 0.455. The lowest BCUT2D eigenvalue weighted by atomic mass is 9.78. The quantitative estimate of drug-likeness (QED) is 0.690. The van der Waals surface area contributed by atoms with E-state index in [0.717, 1.165) is 28.6 Å². The van der Waals surface area contributed by atoms with Crippen molar-refractivity contribution in [2.45, 2.75) is 25.9 Å². The summed E-state index contributed by atoms with van der Waals surface area (Å²) in [6.45, 7) is 5.38. The Labute approximate surface area is 180 Å². The van der Waals surface area contributed by atoms with E-state index in [9.17, 15) is 4.79 Å². The third-order valence-electron chi connectivity index (χ3n) is 5.95. The molecule has 1 amide bonds. The first kappa shape index (κ1) is 21.2. The minimum absolute atomic E-state index is 0.0693. The van der Waals surface area contributed by atoms with Gasteiger partial charge in [0.05, 0.1) is 18.8 Å². The number of nitrogens with zero attached hydrogens (tertiary/aromatic N) is 5. The molecular formula is C22H27FN6O2. The zero-order chi connectivity index (χ0) is 22.3. The van der Waals surface area contributed by atoms with Crippen molar-refractivity contribution in [2.75, 3.05) is 34.3 Å². The fourth-order valence-electron chi connectivity index (χ4n) is 4.55. The normalized spacial score (nSPS) is 21.9. The summed E-state index contributed by atoms with van der Waals surface area (Å²) in [5.74, 6) is 0.0458. The molecule has 0 radical (unpaired) electrons. The predicted octanol–water partition coefficient (Wildman–Crippen LogP) is 2.50. The van der Waals surface area contributed by atoms with Gasteiger partial charge in [-0.2, -0.15) is 15.1 Å². The van der Waals surface area contributed by atoms with Crippen LogP contribution in [-0.2, 0) is 0 Å². The molecule has 2 unspecified atom stereocenters. The van der Waals surface area contributed by atoms with E-state index < -0.39 is 6.17 Å². The molecule has 0 spiro atoms. The largest absolute Gasteiger partial charge is 0.467 e. The zero-order valence-electron chi connectivity index (χ0n) is 18.4. The summed E-state index contributed by atoms with van der Waals surface area (Å²) in [4.78, 5) is 22.7. The monoisotopic (exact) mass is 426 g/mol. The van der Waals surface area contributed by atoms with Crippen LogP contribution < -0.4 is 10.1 Å². The van der Waals surface area contributed by atoms with E-state index in [-0.39, 0.29) is 29.4 Å². The number of rotatable bonds is 4. The van der Waals surface area contributed by atoms with E-state index >= 15 is 4.39 Å². The van der Waals surface area contributed by atoms with Crippen molar-refractivity contribution < 1.29 is 13.9 Å². The molecule has 164 valence electrons. The van der Waals surface area contributed by atoms with Gasteiger partial charge in [0.2, 0.25) is 0 Å². The maximum atomic E-state index is 15.1. The van der Waals surface area contributed by atoms with Gasteiger partial charge in [-0.25, -0.2) is 9.07 Å². The minimum Gasteiger partial charge on any atom is -0.467 e. The molecule has 1 aromatic carbocycles. The summed E-state index contributed by atoms with van der Waals surface area (Å²) < 4.78 is 21.9.